The summed E-state index contributed by atoms with van der Waals surface area (Å²) < 4.78 is 0. The topological polar surface area (TPSA) is 74.8 Å². The number of aromatic amines is 1. The number of rotatable bonds is 4. The van der Waals surface area contributed by atoms with Gasteiger partial charge in [-0.05, 0) is 0 Å². The number of aromatic nitrogens is 2. The third-order valence-corrected chi connectivity index (χ3v) is 1.83. The summed E-state index contributed by atoms with van der Waals surface area (Å²) in [4.78, 5) is 22.5. The zero-order valence-electron chi connectivity index (χ0n) is 8.20. The SMILES string of the molecule is CC(C)C(=O)CNC(=O)c1cn[nH]c1. The Labute approximate surface area is 81.9 Å². The third-order valence-electron chi connectivity index (χ3n) is 1.83. The van der Waals surface area contributed by atoms with Gasteiger partial charge in [0.1, 0.15) is 0 Å². The minimum Gasteiger partial charge on any atom is -0.345 e. The molecule has 14 heavy (non-hydrogen) atoms. The van der Waals surface area contributed by atoms with Gasteiger partial charge in [-0.2, -0.15) is 5.10 Å². The van der Waals surface area contributed by atoms with Gasteiger partial charge in [-0.1, -0.05) is 13.8 Å². The zero-order chi connectivity index (χ0) is 10.6. The number of carbonyl (C=O) groups is 2. The maximum absolute atomic E-state index is 11.3. The highest BCUT2D eigenvalue weighted by molar-refractivity contribution is 5.96. The molecule has 1 heterocycles. The van der Waals surface area contributed by atoms with Crippen LogP contribution in [0.5, 0.6) is 0 Å². The zero-order valence-corrected chi connectivity index (χ0v) is 8.20. The summed E-state index contributed by atoms with van der Waals surface area (Å²) in [5.41, 5.74) is 0.432. The van der Waals surface area contributed by atoms with E-state index in [1.54, 1.807) is 13.8 Å². The van der Waals surface area contributed by atoms with Gasteiger partial charge in [0.2, 0.25) is 0 Å². The number of Topliss-reactive ketones (excluding diaryl/α,β-unsaturated/α-hetero) is 1. The summed E-state index contributed by atoms with van der Waals surface area (Å²) in [5.74, 6) is -0.325. The van der Waals surface area contributed by atoms with Crippen molar-refractivity contribution >= 4 is 11.7 Å². The Bertz CT molecular complexity index is 317. The molecule has 2 N–H and O–H groups in total. The van der Waals surface area contributed by atoms with E-state index in [2.05, 4.69) is 15.5 Å². The maximum Gasteiger partial charge on any atom is 0.254 e. The Morgan fingerprint density at radius 3 is 2.79 bits per heavy atom. The molecular formula is C9H13N3O2. The lowest BCUT2D eigenvalue weighted by atomic mass is 10.1. The van der Waals surface area contributed by atoms with Gasteiger partial charge in [-0.3, -0.25) is 14.7 Å². The van der Waals surface area contributed by atoms with Crippen molar-refractivity contribution in [2.45, 2.75) is 13.8 Å². The minimum absolute atomic E-state index is 0.0156. The molecule has 0 aliphatic rings. The Morgan fingerprint density at radius 1 is 1.57 bits per heavy atom. The Kier molecular flexibility index (Phi) is 3.39. The largest absolute Gasteiger partial charge is 0.345 e. The first-order valence-electron chi connectivity index (χ1n) is 4.41. The Morgan fingerprint density at radius 2 is 2.29 bits per heavy atom. The summed E-state index contributed by atoms with van der Waals surface area (Å²) in [5, 5.41) is 8.68. The van der Waals surface area contributed by atoms with Gasteiger partial charge >= 0.3 is 0 Å². The van der Waals surface area contributed by atoms with Crippen LogP contribution in [0.3, 0.4) is 0 Å². The average molecular weight is 195 g/mol. The van der Waals surface area contributed by atoms with E-state index in [-0.39, 0.29) is 24.2 Å². The predicted octanol–water partition coefficient (Wildman–Crippen LogP) is 0.365. The smallest absolute Gasteiger partial charge is 0.254 e. The minimum atomic E-state index is -0.284. The molecule has 0 fully saturated rings. The second-order valence-corrected chi connectivity index (χ2v) is 3.29. The number of nitrogens with one attached hydrogen (secondary N) is 2. The van der Waals surface area contributed by atoms with Crippen LogP contribution in [-0.4, -0.2) is 28.4 Å². The Hall–Kier alpha value is -1.65. The molecule has 5 heteroatoms. The van der Waals surface area contributed by atoms with Gasteiger partial charge in [0.15, 0.2) is 5.78 Å². The van der Waals surface area contributed by atoms with Gasteiger partial charge in [0, 0.05) is 12.1 Å². The highest BCUT2D eigenvalue weighted by atomic mass is 16.2. The van der Waals surface area contributed by atoms with Crippen LogP contribution in [0.1, 0.15) is 24.2 Å². The van der Waals surface area contributed by atoms with E-state index >= 15 is 0 Å². The number of ketones is 1. The van der Waals surface area contributed by atoms with E-state index in [0.717, 1.165) is 0 Å². The molecule has 0 radical (unpaired) electrons. The molecule has 0 atom stereocenters. The van der Waals surface area contributed by atoms with Crippen LogP contribution in [0, 0.1) is 5.92 Å². The van der Waals surface area contributed by atoms with E-state index in [4.69, 9.17) is 0 Å². The monoisotopic (exact) mass is 195 g/mol. The van der Waals surface area contributed by atoms with Crippen molar-refractivity contribution in [2.24, 2.45) is 5.92 Å². The lowest BCUT2D eigenvalue weighted by Gasteiger charge is -2.04. The van der Waals surface area contributed by atoms with E-state index in [1.807, 2.05) is 0 Å². The van der Waals surface area contributed by atoms with Crippen LogP contribution >= 0.6 is 0 Å². The van der Waals surface area contributed by atoms with Crippen molar-refractivity contribution in [3.63, 3.8) is 0 Å². The molecular weight excluding hydrogens is 182 g/mol. The molecule has 0 bridgehead atoms. The van der Waals surface area contributed by atoms with E-state index in [0.29, 0.717) is 5.56 Å². The number of nitrogens with zero attached hydrogens (tertiary/aromatic N) is 1. The van der Waals surface area contributed by atoms with E-state index < -0.39 is 0 Å². The van der Waals surface area contributed by atoms with Gasteiger partial charge in [0.25, 0.3) is 5.91 Å². The average Bonchev–Trinajstić information content (AvgIpc) is 2.66. The fourth-order valence-corrected chi connectivity index (χ4v) is 0.849. The normalized spacial score (nSPS) is 10.2. The number of H-pyrrole nitrogens is 1. The molecule has 1 amide bonds. The van der Waals surface area contributed by atoms with Crippen LogP contribution in [0.25, 0.3) is 0 Å². The molecule has 0 saturated heterocycles. The lowest BCUT2D eigenvalue weighted by molar-refractivity contribution is -0.120. The fraction of sp³-hybridized carbons (Fsp3) is 0.444. The highest BCUT2D eigenvalue weighted by Crippen LogP contribution is 1.95. The van der Waals surface area contributed by atoms with Crippen LogP contribution < -0.4 is 5.32 Å². The molecule has 0 aliphatic carbocycles. The van der Waals surface area contributed by atoms with Gasteiger partial charge in [-0.25, -0.2) is 0 Å². The van der Waals surface area contributed by atoms with Crippen molar-refractivity contribution in [3.05, 3.63) is 18.0 Å². The summed E-state index contributed by atoms with van der Waals surface area (Å²) in [6, 6.07) is 0. The van der Waals surface area contributed by atoms with Crippen LogP contribution in [0.2, 0.25) is 0 Å². The second kappa shape index (κ2) is 4.55. The molecule has 76 valence electrons. The first-order chi connectivity index (χ1) is 6.61. The molecule has 1 aromatic rings. The number of amides is 1. The molecule has 0 saturated carbocycles. The number of carbonyl (C=O) groups excluding carboxylic acids is 2. The third kappa shape index (κ3) is 2.69. The predicted molar refractivity (Wildman–Crippen MR) is 50.8 cm³/mol. The van der Waals surface area contributed by atoms with Crippen molar-refractivity contribution < 1.29 is 9.59 Å². The van der Waals surface area contributed by atoms with Crippen molar-refractivity contribution in [2.75, 3.05) is 6.54 Å². The summed E-state index contributed by atoms with van der Waals surface area (Å²) in [7, 11) is 0. The second-order valence-electron chi connectivity index (χ2n) is 3.29. The number of hydrogen-bond donors (Lipinski definition) is 2. The quantitative estimate of drug-likeness (QED) is 0.728. The fourth-order valence-electron chi connectivity index (χ4n) is 0.849. The van der Waals surface area contributed by atoms with Gasteiger partial charge < -0.3 is 5.32 Å². The Balaban J connectivity index is 2.40. The standard InChI is InChI=1S/C9H13N3O2/c1-6(2)8(13)5-10-9(14)7-3-11-12-4-7/h3-4,6H,5H2,1-2H3,(H,10,14)(H,11,12). The molecule has 0 unspecified atom stereocenters. The molecule has 0 spiro atoms. The van der Waals surface area contributed by atoms with Crippen LogP contribution in [0.15, 0.2) is 12.4 Å². The highest BCUT2D eigenvalue weighted by Gasteiger charge is 2.10. The van der Waals surface area contributed by atoms with E-state index in [1.165, 1.54) is 12.4 Å². The molecule has 0 aromatic carbocycles. The van der Waals surface area contributed by atoms with Crippen molar-refractivity contribution in [1.82, 2.24) is 15.5 Å². The summed E-state index contributed by atoms with van der Waals surface area (Å²) in [6.07, 6.45) is 2.89. The maximum atomic E-state index is 11.3. The molecule has 0 aliphatic heterocycles. The molecule has 5 nitrogen and oxygen atoms in total. The lowest BCUT2D eigenvalue weighted by Crippen LogP contribution is -2.31. The summed E-state index contributed by atoms with van der Waals surface area (Å²) >= 11 is 0. The van der Waals surface area contributed by atoms with Crippen LogP contribution in [-0.2, 0) is 4.79 Å². The van der Waals surface area contributed by atoms with Crippen molar-refractivity contribution in [3.8, 4) is 0 Å². The molecule has 1 rings (SSSR count). The van der Waals surface area contributed by atoms with Crippen LogP contribution in [0.4, 0.5) is 0 Å². The van der Waals surface area contributed by atoms with Gasteiger partial charge in [0.05, 0.1) is 18.3 Å². The van der Waals surface area contributed by atoms with Gasteiger partial charge in [-0.15, -0.1) is 0 Å². The number of hydrogen-bond acceptors (Lipinski definition) is 3. The first kappa shape index (κ1) is 10.4. The molecule has 1 aromatic heterocycles. The van der Waals surface area contributed by atoms with Crippen molar-refractivity contribution in [1.29, 1.82) is 0 Å². The summed E-state index contributed by atoms with van der Waals surface area (Å²) in [6.45, 7) is 3.67. The first-order valence-corrected chi connectivity index (χ1v) is 4.41. The van der Waals surface area contributed by atoms with E-state index in [9.17, 15) is 9.59 Å².